The van der Waals surface area contributed by atoms with Crippen LogP contribution in [0.15, 0.2) is 24.7 Å². The van der Waals surface area contributed by atoms with Gasteiger partial charge in [-0.3, -0.25) is 0 Å². The Labute approximate surface area is 195 Å². The number of imidazole rings is 1. The molecule has 6 rings (SSSR count). The first-order valence-electron chi connectivity index (χ1n) is 10.8. The molecule has 10 heteroatoms. The Kier molecular flexibility index (Phi) is 5.51. The third kappa shape index (κ3) is 3.72. The number of fused-ring (bicyclic) bond motifs is 4. The third-order valence-corrected chi connectivity index (χ3v) is 7.62. The first-order valence-corrected chi connectivity index (χ1v) is 11.6. The van der Waals surface area contributed by atoms with Gasteiger partial charge in [-0.05, 0) is 38.7 Å². The predicted octanol–water partition coefficient (Wildman–Crippen LogP) is 4.38. The standard InChI is InChI=1S/C22H24FN7S.ClH/c1-12-10-30-11-13(6-17(23)20(30)25-12)19-24-9-18-21(28-19)31-22(27-18)29(2)16-7-14-4-3-5-15(8-16)26-14;/h6,9-11,14-16,26H,3-5,7-8H2,1-2H3;1H/t14-,15+,16?;. The van der Waals surface area contributed by atoms with Crippen molar-refractivity contribution in [3.05, 3.63) is 36.2 Å². The van der Waals surface area contributed by atoms with Gasteiger partial charge in [0.2, 0.25) is 0 Å². The van der Waals surface area contributed by atoms with E-state index in [1.165, 1.54) is 25.3 Å². The highest BCUT2D eigenvalue weighted by molar-refractivity contribution is 7.21. The SMILES string of the molecule is Cc1cn2cc(-c3ncc4nc(N(C)C5C[C@H]6CCC[C@@H](C5)N6)sc4n3)cc(F)c2n1.Cl. The van der Waals surface area contributed by atoms with Gasteiger partial charge in [0, 0.05) is 43.1 Å². The third-order valence-electron chi connectivity index (χ3n) is 6.56. The average Bonchev–Trinajstić information content (AvgIpc) is 3.35. The Bertz CT molecular complexity index is 1280. The van der Waals surface area contributed by atoms with Gasteiger partial charge in [0.25, 0.3) is 0 Å². The fourth-order valence-corrected chi connectivity index (χ4v) is 5.97. The second kappa shape index (κ2) is 8.20. The van der Waals surface area contributed by atoms with Gasteiger partial charge in [0.1, 0.15) is 10.3 Å². The van der Waals surface area contributed by atoms with Crippen LogP contribution in [0.1, 0.15) is 37.8 Å². The van der Waals surface area contributed by atoms with Crippen molar-refractivity contribution in [2.45, 2.75) is 57.2 Å². The van der Waals surface area contributed by atoms with Crippen molar-refractivity contribution in [3.63, 3.8) is 0 Å². The minimum Gasteiger partial charge on any atom is -0.348 e. The summed E-state index contributed by atoms with van der Waals surface area (Å²) in [5.41, 5.74) is 2.49. The maximum Gasteiger partial charge on any atom is 0.187 e. The van der Waals surface area contributed by atoms with Crippen LogP contribution in [0.4, 0.5) is 9.52 Å². The summed E-state index contributed by atoms with van der Waals surface area (Å²) in [4.78, 5) is 21.3. The summed E-state index contributed by atoms with van der Waals surface area (Å²) in [5, 5.41) is 4.73. The van der Waals surface area contributed by atoms with E-state index < -0.39 is 0 Å². The summed E-state index contributed by atoms with van der Waals surface area (Å²) in [7, 11) is 2.14. The maximum atomic E-state index is 14.5. The van der Waals surface area contributed by atoms with E-state index >= 15 is 0 Å². The fraction of sp³-hybridized carbons (Fsp3) is 0.455. The topological polar surface area (TPSA) is 71.2 Å². The van der Waals surface area contributed by atoms with Crippen LogP contribution in [-0.4, -0.2) is 49.5 Å². The number of piperidine rings is 2. The zero-order valence-corrected chi connectivity index (χ0v) is 19.6. The predicted molar refractivity (Wildman–Crippen MR) is 127 cm³/mol. The fourth-order valence-electron chi connectivity index (χ4n) is 5.02. The molecule has 2 aliphatic rings. The molecule has 0 spiro atoms. The molecule has 2 aliphatic heterocycles. The normalized spacial score (nSPS) is 22.8. The second-order valence-corrected chi connectivity index (χ2v) is 9.75. The molecule has 6 heterocycles. The molecule has 168 valence electrons. The molecule has 2 fully saturated rings. The Hall–Kier alpha value is -2.36. The summed E-state index contributed by atoms with van der Waals surface area (Å²) in [6, 6.07) is 3.19. The molecule has 0 saturated carbocycles. The number of nitrogens with zero attached hydrogens (tertiary/aromatic N) is 6. The molecule has 0 amide bonds. The van der Waals surface area contributed by atoms with Crippen LogP contribution in [-0.2, 0) is 0 Å². The first-order chi connectivity index (χ1) is 15.0. The number of anilines is 1. The van der Waals surface area contributed by atoms with Crippen LogP contribution in [0.2, 0.25) is 0 Å². The molecule has 32 heavy (non-hydrogen) atoms. The van der Waals surface area contributed by atoms with E-state index in [9.17, 15) is 4.39 Å². The van der Waals surface area contributed by atoms with Crippen LogP contribution in [0.5, 0.6) is 0 Å². The van der Waals surface area contributed by atoms with Crippen LogP contribution < -0.4 is 10.2 Å². The average molecular weight is 474 g/mol. The Morgan fingerprint density at radius 2 is 1.94 bits per heavy atom. The Balaban J connectivity index is 0.00000216. The highest BCUT2D eigenvalue weighted by Gasteiger charge is 2.33. The van der Waals surface area contributed by atoms with Gasteiger partial charge in [0.15, 0.2) is 22.4 Å². The molecular formula is C22H25ClFN7S. The van der Waals surface area contributed by atoms with Crippen molar-refractivity contribution in [2.24, 2.45) is 0 Å². The minimum atomic E-state index is -0.379. The van der Waals surface area contributed by atoms with Crippen LogP contribution in [0.25, 0.3) is 27.4 Å². The smallest absolute Gasteiger partial charge is 0.187 e. The number of pyridine rings is 1. The monoisotopic (exact) mass is 473 g/mol. The molecule has 0 aliphatic carbocycles. The zero-order chi connectivity index (χ0) is 21.1. The quantitative estimate of drug-likeness (QED) is 0.476. The largest absolute Gasteiger partial charge is 0.348 e. The molecule has 1 unspecified atom stereocenters. The van der Waals surface area contributed by atoms with Crippen LogP contribution in [0.3, 0.4) is 0 Å². The lowest BCUT2D eigenvalue weighted by atomic mass is 9.83. The molecule has 2 bridgehead atoms. The number of nitrogens with one attached hydrogen (secondary N) is 1. The number of hydrogen-bond acceptors (Lipinski definition) is 7. The lowest BCUT2D eigenvalue weighted by molar-refractivity contribution is 0.219. The van der Waals surface area contributed by atoms with Crippen LogP contribution in [0, 0.1) is 12.7 Å². The van der Waals surface area contributed by atoms with Gasteiger partial charge in [-0.15, -0.1) is 12.4 Å². The number of halogens is 2. The minimum absolute atomic E-state index is 0. The van der Waals surface area contributed by atoms with E-state index in [2.05, 4.69) is 27.2 Å². The van der Waals surface area contributed by atoms with Gasteiger partial charge < -0.3 is 14.6 Å². The van der Waals surface area contributed by atoms with Gasteiger partial charge in [0.05, 0.1) is 11.9 Å². The molecule has 0 aromatic carbocycles. The summed E-state index contributed by atoms with van der Waals surface area (Å²) >= 11 is 1.58. The van der Waals surface area contributed by atoms with Crippen molar-refractivity contribution in [1.82, 2.24) is 29.7 Å². The molecular weight excluding hydrogens is 449 g/mol. The molecule has 0 radical (unpaired) electrons. The highest BCUT2D eigenvalue weighted by atomic mass is 35.5. The highest BCUT2D eigenvalue weighted by Crippen LogP contribution is 2.34. The number of thiazole rings is 1. The number of hydrogen-bond donors (Lipinski definition) is 1. The maximum absolute atomic E-state index is 14.5. The summed E-state index contributed by atoms with van der Waals surface area (Å²) in [6.45, 7) is 1.85. The first kappa shape index (κ1) is 21.5. The van der Waals surface area contributed by atoms with Crippen LogP contribution >= 0.6 is 23.7 Å². The Morgan fingerprint density at radius 1 is 1.16 bits per heavy atom. The molecule has 2 saturated heterocycles. The number of aromatic nitrogens is 5. The van der Waals surface area contributed by atoms with Crippen molar-refractivity contribution >= 4 is 44.9 Å². The van der Waals surface area contributed by atoms with E-state index in [0.29, 0.717) is 35.2 Å². The number of aryl methyl sites for hydroxylation is 1. The Morgan fingerprint density at radius 3 is 2.72 bits per heavy atom. The molecule has 4 aromatic rings. The van der Waals surface area contributed by atoms with E-state index in [1.807, 2.05) is 13.1 Å². The molecule has 3 atom stereocenters. The summed E-state index contributed by atoms with van der Waals surface area (Å²) < 4.78 is 16.2. The van der Waals surface area contributed by atoms with E-state index in [4.69, 9.17) is 9.97 Å². The number of rotatable bonds is 3. The van der Waals surface area contributed by atoms with Gasteiger partial charge in [-0.1, -0.05) is 17.8 Å². The van der Waals surface area contributed by atoms with Gasteiger partial charge in [-0.2, -0.15) is 0 Å². The van der Waals surface area contributed by atoms with E-state index in [0.717, 1.165) is 34.0 Å². The van der Waals surface area contributed by atoms with Crippen molar-refractivity contribution in [3.8, 4) is 11.4 Å². The lowest BCUT2D eigenvalue weighted by Gasteiger charge is -2.43. The zero-order valence-electron chi connectivity index (χ0n) is 18.0. The van der Waals surface area contributed by atoms with Crippen molar-refractivity contribution < 1.29 is 4.39 Å². The van der Waals surface area contributed by atoms with Crippen molar-refractivity contribution in [1.29, 1.82) is 0 Å². The second-order valence-electron chi connectivity index (χ2n) is 8.80. The van der Waals surface area contributed by atoms with E-state index in [-0.39, 0.29) is 18.2 Å². The van der Waals surface area contributed by atoms with Gasteiger partial charge in [-0.25, -0.2) is 24.3 Å². The molecule has 4 aromatic heterocycles. The molecule has 7 nitrogen and oxygen atoms in total. The van der Waals surface area contributed by atoms with Crippen molar-refractivity contribution in [2.75, 3.05) is 11.9 Å². The molecule has 1 N–H and O–H groups in total. The van der Waals surface area contributed by atoms with E-state index in [1.54, 1.807) is 28.1 Å². The lowest BCUT2D eigenvalue weighted by Crippen LogP contribution is -2.54. The van der Waals surface area contributed by atoms with Gasteiger partial charge >= 0.3 is 0 Å². The summed E-state index contributed by atoms with van der Waals surface area (Å²) in [5.74, 6) is 0.115. The summed E-state index contributed by atoms with van der Waals surface area (Å²) in [6.07, 6.45) is 11.6.